The third kappa shape index (κ3) is 3.87. The number of hydrogen-bond donors (Lipinski definition) is 0. The zero-order chi connectivity index (χ0) is 16.3. The van der Waals surface area contributed by atoms with Crippen molar-refractivity contribution in [2.24, 2.45) is 0 Å². The maximum Gasteiger partial charge on any atom is 0.399 e. The Morgan fingerprint density at radius 1 is 1.23 bits per heavy atom. The molecule has 22 heavy (non-hydrogen) atoms. The quantitative estimate of drug-likeness (QED) is 0.758. The molecule has 2 aromatic rings. The molecule has 0 fully saturated rings. The Labute approximate surface area is 123 Å². The van der Waals surface area contributed by atoms with Crippen LogP contribution >= 0.6 is 0 Å². The molecule has 1 atom stereocenters. The van der Waals surface area contributed by atoms with Gasteiger partial charge in [0.2, 0.25) is 0 Å². The fourth-order valence-electron chi connectivity index (χ4n) is 2.02. The molecule has 0 spiro atoms. The first-order valence-corrected chi connectivity index (χ1v) is 6.49. The molecule has 0 saturated carbocycles. The van der Waals surface area contributed by atoms with E-state index in [4.69, 9.17) is 8.83 Å². The first-order valence-electron chi connectivity index (χ1n) is 6.49. The zero-order valence-corrected chi connectivity index (χ0v) is 11.6. The van der Waals surface area contributed by atoms with Crippen LogP contribution in [-0.4, -0.2) is 17.7 Å². The van der Waals surface area contributed by atoms with Crippen LogP contribution in [0.3, 0.4) is 0 Å². The molecule has 2 rings (SSSR count). The summed E-state index contributed by atoms with van der Waals surface area (Å²) in [7, 11) is 0. The van der Waals surface area contributed by atoms with E-state index in [-0.39, 0.29) is 29.5 Å². The summed E-state index contributed by atoms with van der Waals surface area (Å²) in [6.07, 6.45) is -4.33. The summed E-state index contributed by atoms with van der Waals surface area (Å²) in [5, 5.41) is 0. The normalized spacial score (nSPS) is 13.1. The van der Waals surface area contributed by atoms with Crippen LogP contribution in [0.25, 0.3) is 0 Å². The molecule has 2 aromatic heterocycles. The van der Waals surface area contributed by atoms with Crippen LogP contribution in [0.5, 0.6) is 0 Å². The number of hydrogen-bond acceptors (Lipinski definition) is 4. The predicted octanol–water partition coefficient (Wildman–Crippen LogP) is 3.92. The van der Waals surface area contributed by atoms with Crippen LogP contribution in [0.4, 0.5) is 13.2 Å². The number of alkyl halides is 3. The number of furan rings is 2. The van der Waals surface area contributed by atoms with E-state index in [0.717, 1.165) is 6.07 Å². The van der Waals surface area contributed by atoms with E-state index in [0.29, 0.717) is 0 Å². The molecule has 0 aliphatic heterocycles. The molecule has 0 radical (unpaired) electrons. The van der Waals surface area contributed by atoms with Crippen molar-refractivity contribution in [1.29, 1.82) is 0 Å². The molecule has 0 amide bonds. The van der Waals surface area contributed by atoms with Gasteiger partial charge < -0.3 is 8.83 Å². The largest absolute Gasteiger partial charge is 0.465 e. The summed E-state index contributed by atoms with van der Waals surface area (Å²) in [5.41, 5.74) is 0. The van der Waals surface area contributed by atoms with Crippen molar-refractivity contribution >= 4 is 11.6 Å². The Bertz CT molecular complexity index is 653. The topological polar surface area (TPSA) is 60.4 Å². The van der Waals surface area contributed by atoms with Crippen LogP contribution in [-0.2, 0) is 11.2 Å². The van der Waals surface area contributed by atoms with Crippen molar-refractivity contribution in [1.82, 2.24) is 0 Å². The lowest BCUT2D eigenvalue weighted by atomic mass is 9.98. The second-order valence-corrected chi connectivity index (χ2v) is 4.88. The summed E-state index contributed by atoms with van der Waals surface area (Å²) in [6.45, 7) is 1.31. The number of Topliss-reactive ketones (excluding diaryl/α,β-unsaturated/α-hetero) is 2. The van der Waals surface area contributed by atoms with Gasteiger partial charge in [0, 0.05) is 6.42 Å². The van der Waals surface area contributed by atoms with Crippen LogP contribution in [0.1, 0.15) is 41.3 Å². The smallest absolute Gasteiger partial charge is 0.399 e. The van der Waals surface area contributed by atoms with Gasteiger partial charge in [-0.05, 0) is 31.2 Å². The van der Waals surface area contributed by atoms with Crippen molar-refractivity contribution in [3.63, 3.8) is 0 Å². The number of halogens is 3. The second kappa shape index (κ2) is 6.21. The second-order valence-electron chi connectivity index (χ2n) is 4.88. The summed E-state index contributed by atoms with van der Waals surface area (Å²) < 4.78 is 49.4. The van der Waals surface area contributed by atoms with Gasteiger partial charge in [-0.1, -0.05) is 0 Å². The zero-order valence-electron chi connectivity index (χ0n) is 11.6. The Kier molecular flexibility index (Phi) is 4.54. The SMILES string of the molecule is CC(=O)Cc1ccc([C@H](CC(=O)c2ccco2)C(F)(F)F)o1. The molecule has 2 heterocycles. The fourth-order valence-corrected chi connectivity index (χ4v) is 2.02. The van der Waals surface area contributed by atoms with E-state index in [1.165, 1.54) is 31.4 Å². The lowest BCUT2D eigenvalue weighted by molar-refractivity contribution is -0.153. The van der Waals surface area contributed by atoms with Gasteiger partial charge >= 0.3 is 6.18 Å². The average Bonchev–Trinajstić information content (AvgIpc) is 3.04. The molecule has 0 aliphatic rings. The predicted molar refractivity (Wildman–Crippen MR) is 69.5 cm³/mol. The summed E-state index contributed by atoms with van der Waals surface area (Å²) >= 11 is 0. The van der Waals surface area contributed by atoms with Gasteiger partial charge in [-0.25, -0.2) is 0 Å². The van der Waals surface area contributed by atoms with Crippen molar-refractivity contribution in [2.45, 2.75) is 31.9 Å². The fraction of sp³-hybridized carbons (Fsp3) is 0.333. The molecule has 0 aromatic carbocycles. The Hall–Kier alpha value is -2.31. The van der Waals surface area contributed by atoms with Crippen molar-refractivity contribution < 1.29 is 31.6 Å². The summed E-state index contributed by atoms with van der Waals surface area (Å²) in [4.78, 5) is 22.8. The molecule has 0 N–H and O–H groups in total. The molecule has 0 unspecified atom stereocenters. The van der Waals surface area contributed by atoms with Crippen LogP contribution in [0.15, 0.2) is 39.4 Å². The van der Waals surface area contributed by atoms with E-state index in [9.17, 15) is 22.8 Å². The molecule has 0 aliphatic carbocycles. The minimum Gasteiger partial charge on any atom is -0.465 e. The van der Waals surface area contributed by atoms with Crippen molar-refractivity contribution in [2.75, 3.05) is 0 Å². The first kappa shape index (κ1) is 16.1. The maximum absolute atomic E-state index is 13.2. The number of carbonyl (C=O) groups excluding carboxylic acids is 2. The van der Waals surface area contributed by atoms with E-state index in [1.807, 2.05) is 0 Å². The summed E-state index contributed by atoms with van der Waals surface area (Å²) in [6, 6.07) is 5.19. The summed E-state index contributed by atoms with van der Waals surface area (Å²) in [5.74, 6) is -3.45. The number of carbonyl (C=O) groups is 2. The standard InChI is InChI=1S/C15H13F3O4/c1-9(19)7-10-4-5-13(22-10)11(15(16,17)18)8-12(20)14-3-2-6-21-14/h2-6,11H,7-8H2,1H3/t11-/m0/s1. The minimum atomic E-state index is -4.65. The van der Waals surface area contributed by atoms with E-state index < -0.39 is 24.3 Å². The van der Waals surface area contributed by atoms with Gasteiger partial charge in [0.25, 0.3) is 0 Å². The van der Waals surface area contributed by atoms with E-state index in [2.05, 4.69) is 0 Å². The Balaban J connectivity index is 2.21. The molecule has 0 bridgehead atoms. The third-order valence-electron chi connectivity index (χ3n) is 3.03. The Morgan fingerprint density at radius 2 is 1.95 bits per heavy atom. The van der Waals surface area contributed by atoms with E-state index in [1.54, 1.807) is 0 Å². The highest BCUT2D eigenvalue weighted by Crippen LogP contribution is 2.39. The van der Waals surface area contributed by atoms with Gasteiger partial charge in [0.1, 0.15) is 23.2 Å². The van der Waals surface area contributed by atoms with Crippen LogP contribution in [0.2, 0.25) is 0 Å². The van der Waals surface area contributed by atoms with Crippen LogP contribution in [0, 0.1) is 0 Å². The minimum absolute atomic E-state index is 0.0866. The van der Waals surface area contributed by atoms with Gasteiger partial charge in [0.15, 0.2) is 11.5 Å². The molecular weight excluding hydrogens is 301 g/mol. The van der Waals surface area contributed by atoms with Crippen molar-refractivity contribution in [3.8, 4) is 0 Å². The number of ketones is 2. The highest BCUT2D eigenvalue weighted by molar-refractivity contribution is 5.93. The van der Waals surface area contributed by atoms with Gasteiger partial charge in [-0.2, -0.15) is 13.2 Å². The van der Waals surface area contributed by atoms with Gasteiger partial charge in [0.05, 0.1) is 12.7 Å². The Morgan fingerprint density at radius 3 is 2.50 bits per heavy atom. The van der Waals surface area contributed by atoms with Gasteiger partial charge in [-0.15, -0.1) is 0 Å². The monoisotopic (exact) mass is 314 g/mol. The average molecular weight is 314 g/mol. The molecular formula is C15H13F3O4. The van der Waals surface area contributed by atoms with Gasteiger partial charge in [-0.3, -0.25) is 9.59 Å². The molecule has 0 saturated heterocycles. The number of rotatable bonds is 6. The lowest BCUT2D eigenvalue weighted by Gasteiger charge is -2.17. The van der Waals surface area contributed by atoms with E-state index >= 15 is 0 Å². The van der Waals surface area contributed by atoms with Crippen molar-refractivity contribution in [3.05, 3.63) is 47.8 Å². The third-order valence-corrected chi connectivity index (χ3v) is 3.03. The molecule has 118 valence electrons. The molecule has 4 nitrogen and oxygen atoms in total. The first-order chi connectivity index (χ1) is 10.3. The lowest BCUT2D eigenvalue weighted by Crippen LogP contribution is -2.23. The van der Waals surface area contributed by atoms with Crippen LogP contribution < -0.4 is 0 Å². The highest BCUT2D eigenvalue weighted by atomic mass is 19.4. The molecule has 7 heteroatoms. The highest BCUT2D eigenvalue weighted by Gasteiger charge is 2.44. The maximum atomic E-state index is 13.2.